The molecule has 39 heavy (non-hydrogen) atoms. The van der Waals surface area contributed by atoms with E-state index in [9.17, 15) is 24.1 Å². The first-order valence-corrected chi connectivity index (χ1v) is 12.3. The highest BCUT2D eigenvalue weighted by Gasteiger charge is 2.19. The summed E-state index contributed by atoms with van der Waals surface area (Å²) in [6, 6.07) is 17.6. The third kappa shape index (κ3) is 4.97. The molecule has 0 saturated heterocycles. The molecule has 0 bridgehead atoms. The van der Waals surface area contributed by atoms with Crippen molar-refractivity contribution < 1.29 is 14.1 Å². The lowest BCUT2D eigenvalue weighted by Gasteiger charge is -2.11. The molecule has 0 radical (unpaired) electrons. The zero-order valence-corrected chi connectivity index (χ0v) is 21.3. The van der Waals surface area contributed by atoms with Gasteiger partial charge in [0.25, 0.3) is 11.2 Å². The van der Waals surface area contributed by atoms with Crippen LogP contribution in [-0.4, -0.2) is 23.8 Å². The molecule has 0 N–H and O–H groups in total. The molecule has 0 atom stereocenters. The number of aromatic nitrogens is 4. The summed E-state index contributed by atoms with van der Waals surface area (Å²) < 4.78 is 24.2. The third-order valence-corrected chi connectivity index (χ3v) is 6.47. The molecule has 10 nitrogen and oxygen atoms in total. The van der Waals surface area contributed by atoms with E-state index in [4.69, 9.17) is 16.3 Å². The first-order chi connectivity index (χ1) is 18.8. The number of nitro benzene ring substituents is 1. The number of rotatable bonds is 8. The second-order valence-corrected chi connectivity index (χ2v) is 9.02. The van der Waals surface area contributed by atoms with Crippen LogP contribution >= 0.6 is 11.6 Å². The van der Waals surface area contributed by atoms with E-state index < -0.39 is 22.0 Å². The van der Waals surface area contributed by atoms with E-state index >= 15 is 0 Å². The largest absolute Gasteiger partial charge is 0.369 e. The van der Waals surface area contributed by atoms with Gasteiger partial charge in [-0.2, -0.15) is 4.68 Å². The average Bonchev–Trinajstić information content (AvgIpc) is 3.24. The number of non-ortho nitro benzene ring substituents is 1. The Morgan fingerprint density at radius 3 is 2.51 bits per heavy atom. The molecule has 0 saturated carbocycles. The van der Waals surface area contributed by atoms with Crippen LogP contribution in [0.4, 0.5) is 10.1 Å². The lowest BCUT2D eigenvalue weighted by Crippen LogP contribution is -2.24. The third-order valence-electron chi connectivity index (χ3n) is 6.18. The molecule has 2 aromatic heterocycles. The van der Waals surface area contributed by atoms with Crippen LogP contribution in [0.1, 0.15) is 18.3 Å². The molecule has 2 heterocycles. The topological polar surface area (TPSA) is 114 Å². The van der Waals surface area contributed by atoms with E-state index in [0.717, 1.165) is 16.2 Å². The Bertz CT molecular complexity index is 1810. The smallest absolute Gasteiger partial charge is 0.350 e. The Hall–Kier alpha value is -4.61. The number of halogens is 2. The SMILES string of the molecule is CCn1c(COCc2ccccc2)nn(-c2ccc3c(=O)n(-c4c(F)cc([N+](=O)[O-])cc4Cl)ccc3c2)c1=O. The van der Waals surface area contributed by atoms with Crippen LogP contribution < -0.4 is 11.2 Å². The predicted molar refractivity (Wildman–Crippen MR) is 143 cm³/mol. The van der Waals surface area contributed by atoms with Crippen LogP contribution in [0.2, 0.25) is 5.02 Å². The predicted octanol–water partition coefficient (Wildman–Crippen LogP) is 4.78. The summed E-state index contributed by atoms with van der Waals surface area (Å²) in [5.41, 5.74) is -0.339. The van der Waals surface area contributed by atoms with Crippen molar-refractivity contribution >= 4 is 28.1 Å². The number of hydrogen-bond acceptors (Lipinski definition) is 6. The van der Waals surface area contributed by atoms with E-state index in [1.807, 2.05) is 37.3 Å². The normalized spacial score (nSPS) is 11.3. The molecule has 0 unspecified atom stereocenters. The quantitative estimate of drug-likeness (QED) is 0.203. The summed E-state index contributed by atoms with van der Waals surface area (Å²) >= 11 is 6.10. The number of nitrogens with zero attached hydrogens (tertiary/aromatic N) is 5. The Morgan fingerprint density at radius 2 is 1.82 bits per heavy atom. The molecule has 198 valence electrons. The van der Waals surface area contributed by atoms with Crippen molar-refractivity contribution in [1.82, 2.24) is 18.9 Å². The van der Waals surface area contributed by atoms with Gasteiger partial charge in [0.2, 0.25) is 0 Å². The van der Waals surface area contributed by atoms with Crippen molar-refractivity contribution in [3.05, 3.63) is 126 Å². The summed E-state index contributed by atoms with van der Waals surface area (Å²) in [7, 11) is 0. The van der Waals surface area contributed by atoms with Gasteiger partial charge in [-0.15, -0.1) is 5.10 Å². The van der Waals surface area contributed by atoms with Gasteiger partial charge in [0.05, 0.1) is 28.3 Å². The number of nitro groups is 1. The lowest BCUT2D eigenvalue weighted by molar-refractivity contribution is -0.385. The van der Waals surface area contributed by atoms with Crippen LogP contribution in [-0.2, 0) is 24.5 Å². The molecule has 0 fully saturated rings. The maximum absolute atomic E-state index is 14.7. The van der Waals surface area contributed by atoms with Gasteiger partial charge < -0.3 is 4.74 Å². The maximum atomic E-state index is 14.7. The molecule has 0 aliphatic rings. The zero-order chi connectivity index (χ0) is 27.7. The molecule has 0 aliphatic heterocycles. The Labute approximate surface area is 225 Å². The maximum Gasteiger partial charge on any atom is 0.350 e. The van der Waals surface area contributed by atoms with E-state index in [2.05, 4.69) is 5.10 Å². The van der Waals surface area contributed by atoms with E-state index in [1.165, 1.54) is 21.5 Å². The van der Waals surface area contributed by atoms with E-state index in [0.29, 0.717) is 36.1 Å². The minimum absolute atomic E-state index is 0.130. The number of benzene rings is 3. The van der Waals surface area contributed by atoms with E-state index in [-0.39, 0.29) is 28.4 Å². The van der Waals surface area contributed by atoms with Crippen LogP contribution in [0.15, 0.2) is 82.5 Å². The van der Waals surface area contributed by atoms with Crippen LogP contribution in [0.5, 0.6) is 0 Å². The number of hydrogen-bond donors (Lipinski definition) is 0. The zero-order valence-electron chi connectivity index (χ0n) is 20.6. The van der Waals surface area contributed by atoms with Crippen molar-refractivity contribution in [2.24, 2.45) is 0 Å². The van der Waals surface area contributed by atoms with Crippen molar-refractivity contribution in [2.75, 3.05) is 0 Å². The summed E-state index contributed by atoms with van der Waals surface area (Å²) in [6.07, 6.45) is 1.32. The lowest BCUT2D eigenvalue weighted by atomic mass is 10.1. The van der Waals surface area contributed by atoms with Gasteiger partial charge in [-0.3, -0.25) is 24.0 Å². The highest BCUT2D eigenvalue weighted by molar-refractivity contribution is 6.32. The van der Waals surface area contributed by atoms with Gasteiger partial charge in [0.1, 0.15) is 12.3 Å². The van der Waals surface area contributed by atoms with Crippen LogP contribution in [0.3, 0.4) is 0 Å². The van der Waals surface area contributed by atoms with Gasteiger partial charge >= 0.3 is 5.69 Å². The summed E-state index contributed by atoms with van der Waals surface area (Å²) in [5.74, 6) is -0.553. The monoisotopic (exact) mass is 549 g/mol. The molecule has 0 spiro atoms. The van der Waals surface area contributed by atoms with Gasteiger partial charge in [0, 0.05) is 24.2 Å². The van der Waals surface area contributed by atoms with Crippen molar-refractivity contribution in [2.45, 2.75) is 26.7 Å². The van der Waals surface area contributed by atoms with Gasteiger partial charge in [0.15, 0.2) is 11.6 Å². The average molecular weight is 550 g/mol. The number of fused-ring (bicyclic) bond motifs is 1. The van der Waals surface area contributed by atoms with Gasteiger partial charge in [-0.25, -0.2) is 9.18 Å². The highest BCUT2D eigenvalue weighted by Crippen LogP contribution is 2.28. The van der Waals surface area contributed by atoms with Crippen molar-refractivity contribution in [3.63, 3.8) is 0 Å². The molecule has 0 aliphatic carbocycles. The fourth-order valence-electron chi connectivity index (χ4n) is 4.29. The summed E-state index contributed by atoms with van der Waals surface area (Å²) in [5, 5.41) is 15.9. The minimum Gasteiger partial charge on any atom is -0.369 e. The fraction of sp³-hybridized carbons (Fsp3) is 0.148. The van der Waals surface area contributed by atoms with Gasteiger partial charge in [-0.1, -0.05) is 41.9 Å². The molecular formula is C27H21ClFN5O5. The Balaban J connectivity index is 1.48. The number of ether oxygens (including phenoxy) is 1. The van der Waals surface area contributed by atoms with Crippen molar-refractivity contribution in [3.8, 4) is 11.4 Å². The second-order valence-electron chi connectivity index (χ2n) is 8.61. The molecule has 5 aromatic rings. The standard InChI is InChI=1S/C27H21ClFN5O5/c1-2-31-24(16-39-15-17-6-4-3-5-7-17)30-33(27(31)36)19-8-9-21-18(12-19)10-11-32(26(21)35)25-22(28)13-20(34(37)38)14-23(25)29/h3-14H,2,15-16H2,1H3. The van der Waals surface area contributed by atoms with Gasteiger partial charge in [-0.05, 0) is 42.1 Å². The van der Waals surface area contributed by atoms with Crippen LogP contribution in [0.25, 0.3) is 22.1 Å². The highest BCUT2D eigenvalue weighted by atomic mass is 35.5. The second kappa shape index (κ2) is 10.6. The molecule has 12 heteroatoms. The molecular weight excluding hydrogens is 529 g/mol. The number of pyridine rings is 1. The van der Waals surface area contributed by atoms with Crippen molar-refractivity contribution in [1.29, 1.82) is 0 Å². The first kappa shape index (κ1) is 26.0. The summed E-state index contributed by atoms with van der Waals surface area (Å²) in [4.78, 5) is 36.5. The molecule has 0 amide bonds. The summed E-state index contributed by atoms with van der Waals surface area (Å²) in [6.45, 7) is 2.72. The fourth-order valence-corrected chi connectivity index (χ4v) is 4.59. The molecule has 5 rings (SSSR count). The van der Waals surface area contributed by atoms with Crippen LogP contribution in [0, 0.1) is 15.9 Å². The minimum atomic E-state index is -1.01. The van der Waals surface area contributed by atoms with E-state index in [1.54, 1.807) is 18.2 Å². The molecule has 3 aromatic carbocycles. The Morgan fingerprint density at radius 1 is 1.05 bits per heavy atom. The Kier molecular flexibility index (Phi) is 7.09. The first-order valence-electron chi connectivity index (χ1n) is 11.9.